The molecule has 2 aliphatic carbocycles. The first kappa shape index (κ1) is 34.9. The molecule has 0 radical (unpaired) electrons. The maximum atomic E-state index is 14.0. The van der Waals surface area contributed by atoms with E-state index in [2.05, 4.69) is 38.6 Å². The number of rotatable bonds is 7. The summed E-state index contributed by atoms with van der Waals surface area (Å²) in [5, 5.41) is 16.0. The fraction of sp³-hybridized carbons (Fsp3) is 0.300. The van der Waals surface area contributed by atoms with Gasteiger partial charge >= 0.3 is 5.97 Å². The van der Waals surface area contributed by atoms with E-state index in [1.54, 1.807) is 12.3 Å². The third-order valence-corrected chi connectivity index (χ3v) is 10.5. The third kappa shape index (κ3) is 6.90. The third-order valence-electron chi connectivity index (χ3n) is 10.5. The van der Waals surface area contributed by atoms with E-state index in [-0.39, 0.29) is 28.8 Å². The lowest BCUT2D eigenvalue weighted by molar-refractivity contribution is -0.145. The van der Waals surface area contributed by atoms with Gasteiger partial charge in [0.1, 0.15) is 17.5 Å². The van der Waals surface area contributed by atoms with Crippen LogP contribution in [0.2, 0.25) is 0 Å². The normalized spacial score (nSPS) is 18.7. The molecule has 5 aromatic rings. The molecule has 1 unspecified atom stereocenters. The highest BCUT2D eigenvalue weighted by Crippen LogP contribution is 2.43. The number of carbonyl (C=O) groups excluding carboxylic acids is 1. The van der Waals surface area contributed by atoms with E-state index >= 15 is 0 Å². The Morgan fingerprint density at radius 1 is 0.962 bits per heavy atom. The Kier molecular flexibility index (Phi) is 9.83. The summed E-state index contributed by atoms with van der Waals surface area (Å²) in [6.07, 6.45) is 6.33. The van der Waals surface area contributed by atoms with Crippen molar-refractivity contribution in [2.75, 3.05) is 18.8 Å². The van der Waals surface area contributed by atoms with Crippen molar-refractivity contribution < 1.29 is 32.4 Å². The van der Waals surface area contributed by atoms with Crippen molar-refractivity contribution >= 4 is 17.6 Å². The first-order chi connectivity index (χ1) is 25.1. The number of nitrogens with two attached hydrogens (primary N) is 1. The minimum atomic E-state index is -0.950. The highest BCUT2D eigenvalue weighted by molar-refractivity contribution is 5.93. The number of fused-ring (bicyclic) bond motifs is 3. The first-order valence-corrected chi connectivity index (χ1v) is 17.4. The van der Waals surface area contributed by atoms with Gasteiger partial charge in [0.2, 0.25) is 0 Å². The number of hydrogen-bond acceptors (Lipinski definition) is 7. The van der Waals surface area contributed by atoms with E-state index in [4.69, 9.17) is 10.3 Å². The molecule has 268 valence electrons. The molecule has 9 nitrogen and oxygen atoms in total. The minimum Gasteiger partial charge on any atom is -0.481 e. The molecule has 3 heterocycles. The molecule has 1 aliphatic heterocycles. The van der Waals surface area contributed by atoms with Gasteiger partial charge in [0.25, 0.3) is 5.91 Å². The van der Waals surface area contributed by atoms with Gasteiger partial charge in [0.15, 0.2) is 11.5 Å². The summed E-state index contributed by atoms with van der Waals surface area (Å²) in [6, 6.07) is 19.7. The number of aromatic nitrogens is 2. The molecule has 4 N–H and O–H groups in total. The van der Waals surface area contributed by atoms with Crippen molar-refractivity contribution in [1.82, 2.24) is 20.4 Å². The predicted molar refractivity (Wildman–Crippen MR) is 189 cm³/mol. The summed E-state index contributed by atoms with van der Waals surface area (Å²) < 4.78 is 46.0. The predicted octanol–water partition coefficient (Wildman–Crippen LogP) is 7.20. The summed E-state index contributed by atoms with van der Waals surface area (Å²) >= 11 is 0. The van der Waals surface area contributed by atoms with Crippen molar-refractivity contribution in [3.8, 4) is 22.5 Å². The van der Waals surface area contributed by atoms with Crippen LogP contribution in [0, 0.1) is 23.4 Å². The van der Waals surface area contributed by atoms with Crippen LogP contribution < -0.4 is 11.1 Å². The molecule has 0 spiro atoms. The molecule has 12 heteroatoms. The molecule has 1 amide bonds. The largest absolute Gasteiger partial charge is 0.481 e. The van der Waals surface area contributed by atoms with Crippen molar-refractivity contribution in [3.05, 3.63) is 125 Å². The zero-order valence-electron chi connectivity index (χ0n) is 28.5. The highest BCUT2D eigenvalue weighted by Gasteiger charge is 2.39. The van der Waals surface area contributed by atoms with Gasteiger partial charge in [0, 0.05) is 61.5 Å². The molecule has 3 aliphatic rings. The van der Waals surface area contributed by atoms with Gasteiger partial charge in [-0.1, -0.05) is 54.9 Å². The standard InChI is InChI=1S/C20H21F2N3O4.C20H17FN2/c21-11-4-5-13(15(22)8-11)18-9-17(24-29-18)19(26)23-16-6-7-25(12-2-1-3-12)10-14(16)20(27)28;1-12(20-18(21)7-4-10-23-20)14-8-9-16-15-6-3-2-5-13(15)11-17(16)19(14)22/h4-5,8-9,12,14,16H,1-3,6-7,10H2,(H,23,26)(H,27,28);2-10,12H,11,22H2,1H3/t14-,16-;/m0./s1. The number of likely N-dealkylation sites (tertiary alicyclic amines) is 1. The van der Waals surface area contributed by atoms with Crippen molar-refractivity contribution in [3.63, 3.8) is 0 Å². The average Bonchev–Trinajstić information content (AvgIpc) is 3.75. The molecular formula is C40H38F3N5O4. The fourth-order valence-corrected chi connectivity index (χ4v) is 7.42. The van der Waals surface area contributed by atoms with Gasteiger partial charge < -0.3 is 20.7 Å². The molecule has 1 saturated heterocycles. The SMILES string of the molecule is CC(c1ccc2c(c1N)Cc1ccccc1-2)c1ncccc1F.O=C(N[C@H]1CCN(C2CCC2)C[C@@H]1C(=O)O)c1cc(-c2ccc(F)cc2F)on1. The molecule has 2 fully saturated rings. The number of nitrogens with zero attached hydrogens (tertiary/aromatic N) is 3. The number of carboxylic acids is 1. The van der Waals surface area contributed by atoms with Crippen LogP contribution >= 0.6 is 0 Å². The van der Waals surface area contributed by atoms with E-state index in [0.717, 1.165) is 48.7 Å². The zero-order chi connectivity index (χ0) is 36.5. The Balaban J connectivity index is 0.000000166. The van der Waals surface area contributed by atoms with Crippen LogP contribution in [-0.2, 0) is 11.2 Å². The highest BCUT2D eigenvalue weighted by atomic mass is 19.1. The number of piperidine rings is 1. The number of anilines is 1. The quantitative estimate of drug-likeness (QED) is 0.148. The number of carboxylic acid groups (broad SMARTS) is 1. The summed E-state index contributed by atoms with van der Waals surface area (Å²) in [5.74, 6) is -4.28. The van der Waals surface area contributed by atoms with Crippen molar-refractivity contribution in [1.29, 1.82) is 0 Å². The molecular weight excluding hydrogens is 671 g/mol. The summed E-state index contributed by atoms with van der Waals surface area (Å²) in [6.45, 7) is 3.08. The number of aliphatic carboxylic acids is 1. The maximum Gasteiger partial charge on any atom is 0.309 e. The van der Waals surface area contributed by atoms with Crippen LogP contribution in [0.1, 0.15) is 71.4 Å². The van der Waals surface area contributed by atoms with Crippen LogP contribution in [0.5, 0.6) is 0 Å². The van der Waals surface area contributed by atoms with Gasteiger partial charge in [-0.15, -0.1) is 0 Å². The maximum absolute atomic E-state index is 14.0. The number of pyridine rings is 1. The van der Waals surface area contributed by atoms with E-state index in [1.165, 1.54) is 41.3 Å². The van der Waals surface area contributed by atoms with Crippen LogP contribution in [0.4, 0.5) is 18.9 Å². The summed E-state index contributed by atoms with van der Waals surface area (Å²) in [7, 11) is 0. The topological polar surface area (TPSA) is 135 Å². The number of amides is 1. The smallest absolute Gasteiger partial charge is 0.309 e. The summed E-state index contributed by atoms with van der Waals surface area (Å²) in [5.41, 5.74) is 13.4. The Labute approximate surface area is 298 Å². The van der Waals surface area contributed by atoms with Crippen molar-refractivity contribution in [2.24, 2.45) is 5.92 Å². The number of nitrogens with one attached hydrogen (secondary N) is 1. The van der Waals surface area contributed by atoms with Crippen LogP contribution in [0.15, 0.2) is 83.5 Å². The lowest BCUT2D eigenvalue weighted by Gasteiger charge is -2.44. The molecule has 1 saturated carbocycles. The Morgan fingerprint density at radius 2 is 1.75 bits per heavy atom. The van der Waals surface area contributed by atoms with E-state index in [9.17, 15) is 27.9 Å². The van der Waals surface area contributed by atoms with Crippen LogP contribution in [-0.4, -0.2) is 57.2 Å². The lowest BCUT2D eigenvalue weighted by atomic mass is 9.85. The van der Waals surface area contributed by atoms with Gasteiger partial charge in [-0.3, -0.25) is 19.5 Å². The van der Waals surface area contributed by atoms with E-state index in [1.807, 2.05) is 25.1 Å². The fourth-order valence-electron chi connectivity index (χ4n) is 7.42. The number of carbonyl (C=O) groups is 2. The molecule has 3 atom stereocenters. The Morgan fingerprint density at radius 3 is 2.48 bits per heavy atom. The van der Waals surface area contributed by atoms with E-state index < -0.39 is 35.5 Å². The van der Waals surface area contributed by atoms with Gasteiger partial charge in [-0.2, -0.15) is 0 Å². The van der Waals surface area contributed by atoms with E-state index in [0.29, 0.717) is 30.8 Å². The van der Waals surface area contributed by atoms with Gasteiger partial charge in [0.05, 0.1) is 17.2 Å². The second kappa shape index (κ2) is 14.6. The minimum absolute atomic E-state index is 0.0118. The molecule has 8 rings (SSSR count). The zero-order valence-corrected chi connectivity index (χ0v) is 28.5. The lowest BCUT2D eigenvalue weighted by Crippen LogP contribution is -2.56. The molecule has 0 bridgehead atoms. The second-order valence-corrected chi connectivity index (χ2v) is 13.6. The Bertz CT molecular complexity index is 2130. The van der Waals surface area contributed by atoms with Gasteiger partial charge in [-0.05, 0) is 71.3 Å². The number of nitrogen functional groups attached to an aromatic ring is 1. The molecule has 52 heavy (non-hydrogen) atoms. The van der Waals surface area contributed by atoms with Crippen LogP contribution in [0.3, 0.4) is 0 Å². The second-order valence-electron chi connectivity index (χ2n) is 13.6. The monoisotopic (exact) mass is 709 g/mol. The molecule has 2 aromatic heterocycles. The average molecular weight is 710 g/mol. The van der Waals surface area contributed by atoms with Gasteiger partial charge in [-0.25, -0.2) is 13.2 Å². The van der Waals surface area contributed by atoms with Crippen molar-refractivity contribution in [2.45, 2.75) is 57.0 Å². The Hall–Kier alpha value is -5.49. The number of hydrogen-bond donors (Lipinski definition) is 3. The number of benzene rings is 3. The first-order valence-electron chi connectivity index (χ1n) is 17.4. The summed E-state index contributed by atoms with van der Waals surface area (Å²) in [4.78, 5) is 30.7. The molecule has 3 aromatic carbocycles. The van der Waals surface area contributed by atoms with Crippen LogP contribution in [0.25, 0.3) is 22.5 Å². The number of halogens is 3.